The van der Waals surface area contributed by atoms with Crippen molar-refractivity contribution in [3.05, 3.63) is 47.5 Å². The van der Waals surface area contributed by atoms with Crippen molar-refractivity contribution in [2.45, 2.75) is 25.3 Å². The van der Waals surface area contributed by atoms with Gasteiger partial charge in [0, 0.05) is 13.1 Å². The number of nitrogens with zero attached hydrogens (tertiary/aromatic N) is 2. The van der Waals surface area contributed by atoms with Crippen molar-refractivity contribution >= 4 is 23.9 Å². The van der Waals surface area contributed by atoms with E-state index in [1.54, 1.807) is 0 Å². The van der Waals surface area contributed by atoms with Gasteiger partial charge in [-0.3, -0.25) is 29.0 Å². The van der Waals surface area contributed by atoms with E-state index < -0.39 is 73.8 Å². The van der Waals surface area contributed by atoms with Gasteiger partial charge in [-0.05, 0) is 35.4 Å². The van der Waals surface area contributed by atoms with Crippen LogP contribution in [0.3, 0.4) is 0 Å². The molecular formula is C26H32N2O14. The molecule has 0 fully saturated rings. The number of aliphatic carboxylic acids is 4. The zero-order valence-electron chi connectivity index (χ0n) is 22.2. The van der Waals surface area contributed by atoms with Crippen molar-refractivity contribution in [2.24, 2.45) is 0 Å². The Morgan fingerprint density at radius 3 is 1.24 bits per heavy atom. The van der Waals surface area contributed by atoms with E-state index >= 15 is 0 Å². The molecule has 2 rings (SSSR count). The largest absolute Gasteiger partial charge is 0.504 e. The van der Waals surface area contributed by atoms with E-state index in [1.807, 2.05) is 0 Å². The fourth-order valence-corrected chi connectivity index (χ4v) is 3.85. The Bertz CT molecular complexity index is 1160. The lowest BCUT2D eigenvalue weighted by Gasteiger charge is -2.32. The molecule has 2 atom stereocenters. The predicted octanol–water partition coefficient (Wildman–Crippen LogP) is -0.0780. The van der Waals surface area contributed by atoms with Crippen LogP contribution in [-0.2, 0) is 41.9 Å². The van der Waals surface area contributed by atoms with E-state index in [-0.39, 0.29) is 37.8 Å². The Hall–Kier alpha value is -4.64. The standard InChI is InChI=1S/C26H32N2O14/c29-19-3-1-15(7-21(19)31)11-41-13-17(25(37)38)27(9-23(33)34)5-6-28(10-24(35)36)18(26(39)40)14-42-12-16-2-4-20(30)22(32)8-16/h1-4,7-8,17-18,29-32H,5-6,9-14H2,(H,33,34)(H,35,36)(H,37,38)(H,39,40). The first-order valence-corrected chi connectivity index (χ1v) is 12.3. The van der Waals surface area contributed by atoms with Gasteiger partial charge in [-0.25, -0.2) is 0 Å². The highest BCUT2D eigenvalue weighted by atomic mass is 16.5. The maximum absolute atomic E-state index is 12.0. The summed E-state index contributed by atoms with van der Waals surface area (Å²) in [5.74, 6) is -7.29. The van der Waals surface area contributed by atoms with E-state index in [4.69, 9.17) is 9.47 Å². The number of phenols is 4. The van der Waals surface area contributed by atoms with Crippen LogP contribution < -0.4 is 0 Å². The highest BCUT2D eigenvalue weighted by Crippen LogP contribution is 2.26. The summed E-state index contributed by atoms with van der Waals surface area (Å²) in [7, 11) is 0. The molecule has 0 radical (unpaired) electrons. The first kappa shape index (κ1) is 33.6. The molecule has 0 aliphatic heterocycles. The van der Waals surface area contributed by atoms with Gasteiger partial charge in [0.05, 0.1) is 39.5 Å². The summed E-state index contributed by atoms with van der Waals surface area (Å²) in [6, 6.07) is 4.58. The van der Waals surface area contributed by atoms with E-state index in [0.717, 1.165) is 9.80 Å². The third kappa shape index (κ3) is 10.7. The second-order valence-corrected chi connectivity index (χ2v) is 9.11. The van der Waals surface area contributed by atoms with Gasteiger partial charge in [0.1, 0.15) is 12.1 Å². The topological polar surface area (TPSA) is 255 Å². The number of aromatic hydroxyl groups is 4. The zero-order chi connectivity index (χ0) is 31.4. The second kappa shape index (κ2) is 16.0. The zero-order valence-corrected chi connectivity index (χ0v) is 22.2. The summed E-state index contributed by atoms with van der Waals surface area (Å²) in [6.07, 6.45) is 0. The molecule has 16 nitrogen and oxygen atoms in total. The van der Waals surface area contributed by atoms with Crippen LogP contribution in [0.2, 0.25) is 0 Å². The van der Waals surface area contributed by atoms with Gasteiger partial charge < -0.3 is 50.3 Å². The fourth-order valence-electron chi connectivity index (χ4n) is 3.85. The maximum atomic E-state index is 12.0. The maximum Gasteiger partial charge on any atom is 0.323 e. The Balaban J connectivity index is 2.12. The van der Waals surface area contributed by atoms with Gasteiger partial charge in [0.15, 0.2) is 23.0 Å². The van der Waals surface area contributed by atoms with Gasteiger partial charge in [-0.2, -0.15) is 0 Å². The normalized spacial score (nSPS) is 12.7. The van der Waals surface area contributed by atoms with Gasteiger partial charge >= 0.3 is 23.9 Å². The lowest BCUT2D eigenvalue weighted by atomic mass is 10.2. The molecule has 0 aliphatic rings. The van der Waals surface area contributed by atoms with Gasteiger partial charge in [0.2, 0.25) is 0 Å². The van der Waals surface area contributed by atoms with Crippen molar-refractivity contribution < 1.29 is 69.5 Å². The number of rotatable bonds is 19. The van der Waals surface area contributed by atoms with Crippen LogP contribution in [0, 0.1) is 0 Å². The molecule has 0 spiro atoms. The van der Waals surface area contributed by atoms with Crippen LogP contribution in [0.4, 0.5) is 0 Å². The molecule has 2 unspecified atom stereocenters. The van der Waals surface area contributed by atoms with Crippen molar-refractivity contribution in [3.63, 3.8) is 0 Å². The number of carbonyl (C=O) groups is 4. The number of ether oxygens (including phenoxy) is 2. The van der Waals surface area contributed by atoms with Crippen LogP contribution in [-0.4, -0.2) is 126 Å². The molecule has 0 aliphatic carbocycles. The number of carboxylic acids is 4. The minimum absolute atomic E-state index is 0.194. The number of benzene rings is 2. The smallest absolute Gasteiger partial charge is 0.323 e. The van der Waals surface area contributed by atoms with Crippen molar-refractivity contribution in [1.29, 1.82) is 0 Å². The monoisotopic (exact) mass is 596 g/mol. The molecule has 0 heterocycles. The second-order valence-electron chi connectivity index (χ2n) is 9.11. The number of hydrogen-bond acceptors (Lipinski definition) is 12. The summed E-state index contributed by atoms with van der Waals surface area (Å²) in [6.45, 7) is -3.77. The van der Waals surface area contributed by atoms with E-state index in [9.17, 15) is 60.0 Å². The minimum Gasteiger partial charge on any atom is -0.504 e. The third-order valence-corrected chi connectivity index (χ3v) is 5.97. The lowest BCUT2D eigenvalue weighted by Crippen LogP contribution is -2.53. The molecule has 0 bridgehead atoms. The lowest BCUT2D eigenvalue weighted by molar-refractivity contribution is -0.153. The van der Waals surface area contributed by atoms with Crippen LogP contribution >= 0.6 is 0 Å². The highest BCUT2D eigenvalue weighted by molar-refractivity contribution is 5.76. The number of carboxylic acid groups (broad SMARTS) is 4. The predicted molar refractivity (Wildman–Crippen MR) is 140 cm³/mol. The van der Waals surface area contributed by atoms with Crippen LogP contribution in [0.5, 0.6) is 23.0 Å². The summed E-state index contributed by atoms with van der Waals surface area (Å²) < 4.78 is 10.8. The molecule has 2 aromatic rings. The molecule has 8 N–H and O–H groups in total. The summed E-state index contributed by atoms with van der Waals surface area (Å²) in [5.41, 5.74) is 0.775. The highest BCUT2D eigenvalue weighted by Gasteiger charge is 2.32. The quantitative estimate of drug-likeness (QED) is 0.0987. The molecule has 0 amide bonds. The minimum atomic E-state index is -1.53. The molecule has 0 aromatic heterocycles. The Kier molecular flexibility index (Phi) is 12.8. The van der Waals surface area contributed by atoms with Gasteiger partial charge in [-0.15, -0.1) is 0 Å². The Morgan fingerprint density at radius 1 is 0.595 bits per heavy atom. The Morgan fingerprint density at radius 2 is 0.952 bits per heavy atom. The van der Waals surface area contributed by atoms with E-state index in [0.29, 0.717) is 11.1 Å². The molecule has 230 valence electrons. The molecule has 0 saturated heterocycles. The van der Waals surface area contributed by atoms with Crippen molar-refractivity contribution in [2.75, 3.05) is 39.4 Å². The molecule has 16 heteroatoms. The number of phenolic OH excluding ortho intramolecular Hbond substituents is 4. The fraction of sp³-hybridized carbons (Fsp3) is 0.385. The van der Waals surface area contributed by atoms with Crippen molar-refractivity contribution in [3.8, 4) is 23.0 Å². The summed E-state index contributed by atoms with van der Waals surface area (Å²) >= 11 is 0. The summed E-state index contributed by atoms with van der Waals surface area (Å²) in [5, 5.41) is 76.2. The third-order valence-electron chi connectivity index (χ3n) is 5.97. The molecule has 0 saturated carbocycles. The van der Waals surface area contributed by atoms with E-state index in [1.165, 1.54) is 36.4 Å². The molecule has 2 aromatic carbocycles. The average molecular weight is 597 g/mol. The first-order valence-electron chi connectivity index (χ1n) is 12.3. The average Bonchev–Trinajstić information content (AvgIpc) is 2.89. The van der Waals surface area contributed by atoms with Crippen molar-refractivity contribution in [1.82, 2.24) is 9.80 Å². The number of hydrogen-bond donors (Lipinski definition) is 8. The summed E-state index contributed by atoms with van der Waals surface area (Å²) in [4.78, 5) is 49.0. The molecular weight excluding hydrogens is 564 g/mol. The van der Waals surface area contributed by atoms with Gasteiger partial charge in [0.25, 0.3) is 0 Å². The van der Waals surface area contributed by atoms with Gasteiger partial charge in [-0.1, -0.05) is 12.1 Å². The van der Waals surface area contributed by atoms with Crippen LogP contribution in [0.25, 0.3) is 0 Å². The van der Waals surface area contributed by atoms with Crippen LogP contribution in [0.1, 0.15) is 11.1 Å². The first-order chi connectivity index (χ1) is 19.8. The SMILES string of the molecule is O=C(O)CN(CCN(CC(=O)O)C(COCc1ccc(O)c(O)c1)C(=O)O)C(COCc1ccc(O)c(O)c1)C(=O)O. The molecule has 42 heavy (non-hydrogen) atoms. The van der Waals surface area contributed by atoms with Crippen LogP contribution in [0.15, 0.2) is 36.4 Å². The van der Waals surface area contributed by atoms with E-state index in [2.05, 4.69) is 0 Å². The Labute approximate surface area is 238 Å².